The maximum absolute atomic E-state index is 9.77. The lowest BCUT2D eigenvalue weighted by Crippen LogP contribution is -1.87. The quantitative estimate of drug-likeness (QED) is 0.402. The minimum atomic E-state index is 0.181. The molecule has 1 aromatic heterocycles. The summed E-state index contributed by atoms with van der Waals surface area (Å²) in [4.78, 5) is 0. The summed E-state index contributed by atoms with van der Waals surface area (Å²) in [5.41, 5.74) is 1.62. The Hall–Kier alpha value is -1.97. The number of benzene rings is 1. The Labute approximate surface area is 81.3 Å². The SMILES string of the molecule is Cn1c(O)c(C=NN)c2ccccc21. The number of hydrazone groups is 1. The van der Waals surface area contributed by atoms with Crippen LogP contribution in [0, 0.1) is 0 Å². The summed E-state index contributed by atoms with van der Waals surface area (Å²) >= 11 is 0. The van der Waals surface area contributed by atoms with Crippen LogP contribution in [0.4, 0.5) is 0 Å². The second-order valence-corrected chi connectivity index (χ2v) is 3.09. The number of hydrogen-bond donors (Lipinski definition) is 2. The van der Waals surface area contributed by atoms with Gasteiger partial charge in [-0.15, -0.1) is 0 Å². The van der Waals surface area contributed by atoms with Crippen LogP contribution in [0.15, 0.2) is 29.4 Å². The number of nitrogens with two attached hydrogens (primary N) is 1. The number of fused-ring (bicyclic) bond motifs is 1. The average Bonchev–Trinajstić information content (AvgIpc) is 2.45. The van der Waals surface area contributed by atoms with E-state index in [9.17, 15) is 5.11 Å². The van der Waals surface area contributed by atoms with E-state index in [1.807, 2.05) is 24.3 Å². The van der Waals surface area contributed by atoms with Gasteiger partial charge in [0.1, 0.15) is 0 Å². The van der Waals surface area contributed by atoms with Crippen molar-refractivity contribution < 1.29 is 5.11 Å². The number of aromatic nitrogens is 1. The van der Waals surface area contributed by atoms with Crippen LogP contribution in [0.3, 0.4) is 0 Å². The van der Waals surface area contributed by atoms with Crippen molar-refractivity contribution in [2.45, 2.75) is 0 Å². The Balaban J connectivity index is 2.87. The number of para-hydroxylation sites is 1. The van der Waals surface area contributed by atoms with Gasteiger partial charge in [-0.25, -0.2) is 0 Å². The Bertz CT molecular complexity index is 499. The van der Waals surface area contributed by atoms with Gasteiger partial charge in [0, 0.05) is 12.4 Å². The molecule has 72 valence electrons. The van der Waals surface area contributed by atoms with Gasteiger partial charge >= 0.3 is 0 Å². The van der Waals surface area contributed by atoms with E-state index < -0.39 is 0 Å². The predicted octanol–water partition coefficient (Wildman–Crippen LogP) is 1.18. The molecular weight excluding hydrogens is 178 g/mol. The number of rotatable bonds is 1. The van der Waals surface area contributed by atoms with Gasteiger partial charge in [0.2, 0.25) is 5.88 Å². The second-order valence-electron chi connectivity index (χ2n) is 3.09. The minimum absolute atomic E-state index is 0.181. The lowest BCUT2D eigenvalue weighted by molar-refractivity contribution is 0.434. The van der Waals surface area contributed by atoms with Crippen LogP contribution in [0.2, 0.25) is 0 Å². The van der Waals surface area contributed by atoms with E-state index in [0.717, 1.165) is 10.9 Å². The molecule has 1 aromatic carbocycles. The van der Waals surface area contributed by atoms with Gasteiger partial charge < -0.3 is 15.5 Å². The van der Waals surface area contributed by atoms with Crippen molar-refractivity contribution in [3.8, 4) is 5.88 Å². The highest BCUT2D eigenvalue weighted by molar-refractivity contribution is 6.02. The molecule has 0 aliphatic rings. The number of aromatic hydroxyl groups is 1. The topological polar surface area (TPSA) is 63.5 Å². The highest BCUT2D eigenvalue weighted by Gasteiger charge is 2.11. The molecule has 0 saturated heterocycles. The lowest BCUT2D eigenvalue weighted by atomic mass is 10.2. The molecule has 0 aliphatic heterocycles. The fraction of sp³-hybridized carbons (Fsp3) is 0.100. The number of hydrogen-bond acceptors (Lipinski definition) is 3. The molecule has 0 bridgehead atoms. The molecule has 0 fully saturated rings. The van der Waals surface area contributed by atoms with Crippen molar-refractivity contribution in [2.75, 3.05) is 0 Å². The maximum atomic E-state index is 9.77. The predicted molar refractivity (Wildman–Crippen MR) is 56.4 cm³/mol. The molecule has 4 heteroatoms. The van der Waals surface area contributed by atoms with Crippen molar-refractivity contribution in [1.29, 1.82) is 0 Å². The summed E-state index contributed by atoms with van der Waals surface area (Å²) in [7, 11) is 1.80. The average molecular weight is 189 g/mol. The van der Waals surface area contributed by atoms with Crippen LogP contribution in [0.1, 0.15) is 5.56 Å². The van der Waals surface area contributed by atoms with Crippen LogP contribution in [0.25, 0.3) is 10.9 Å². The van der Waals surface area contributed by atoms with Crippen LogP contribution < -0.4 is 5.84 Å². The first-order chi connectivity index (χ1) is 6.75. The molecule has 0 saturated carbocycles. The molecular formula is C10H11N3O. The largest absolute Gasteiger partial charge is 0.494 e. The summed E-state index contributed by atoms with van der Waals surface area (Å²) < 4.78 is 1.70. The summed E-state index contributed by atoms with van der Waals surface area (Å²) in [6, 6.07) is 7.69. The van der Waals surface area contributed by atoms with Gasteiger partial charge in [0.25, 0.3) is 0 Å². The third-order valence-corrected chi connectivity index (χ3v) is 2.32. The number of aryl methyl sites for hydroxylation is 1. The summed E-state index contributed by atoms with van der Waals surface area (Å²) in [6.07, 6.45) is 1.46. The molecule has 0 unspecified atom stereocenters. The third-order valence-electron chi connectivity index (χ3n) is 2.32. The minimum Gasteiger partial charge on any atom is -0.494 e. The van der Waals surface area contributed by atoms with Gasteiger partial charge in [-0.1, -0.05) is 18.2 Å². The van der Waals surface area contributed by atoms with Gasteiger partial charge in [-0.05, 0) is 6.07 Å². The smallest absolute Gasteiger partial charge is 0.200 e. The normalized spacial score (nSPS) is 11.5. The van der Waals surface area contributed by atoms with E-state index in [1.54, 1.807) is 11.6 Å². The highest BCUT2D eigenvalue weighted by Crippen LogP contribution is 2.28. The molecule has 2 aromatic rings. The fourth-order valence-electron chi connectivity index (χ4n) is 1.61. The van der Waals surface area contributed by atoms with E-state index in [2.05, 4.69) is 5.10 Å². The van der Waals surface area contributed by atoms with Gasteiger partial charge in [-0.2, -0.15) is 5.10 Å². The van der Waals surface area contributed by atoms with E-state index in [4.69, 9.17) is 5.84 Å². The molecule has 0 amide bonds. The zero-order chi connectivity index (χ0) is 10.1. The lowest BCUT2D eigenvalue weighted by Gasteiger charge is -1.95. The van der Waals surface area contributed by atoms with E-state index in [0.29, 0.717) is 5.56 Å². The molecule has 0 radical (unpaired) electrons. The third kappa shape index (κ3) is 1.04. The molecule has 0 spiro atoms. The molecule has 1 heterocycles. The van der Waals surface area contributed by atoms with Crippen molar-refractivity contribution in [1.82, 2.24) is 4.57 Å². The van der Waals surface area contributed by atoms with Crippen LogP contribution in [-0.2, 0) is 7.05 Å². The van der Waals surface area contributed by atoms with Crippen LogP contribution >= 0.6 is 0 Å². The van der Waals surface area contributed by atoms with Crippen molar-refractivity contribution in [3.05, 3.63) is 29.8 Å². The summed E-state index contributed by atoms with van der Waals surface area (Å²) in [5.74, 6) is 5.26. The fourth-order valence-corrected chi connectivity index (χ4v) is 1.61. The van der Waals surface area contributed by atoms with Crippen molar-refractivity contribution in [2.24, 2.45) is 18.0 Å². The van der Waals surface area contributed by atoms with E-state index >= 15 is 0 Å². The molecule has 0 atom stereocenters. The summed E-state index contributed by atoms with van der Waals surface area (Å²) in [6.45, 7) is 0. The first-order valence-corrected chi connectivity index (χ1v) is 4.25. The van der Waals surface area contributed by atoms with Crippen molar-refractivity contribution in [3.63, 3.8) is 0 Å². The zero-order valence-electron chi connectivity index (χ0n) is 7.81. The molecule has 14 heavy (non-hydrogen) atoms. The standard InChI is InChI=1S/C10H11N3O/c1-13-9-5-3-2-4-7(9)8(6-12-11)10(13)14/h2-6,14H,11H2,1H3. The Morgan fingerprint density at radius 3 is 2.86 bits per heavy atom. The zero-order valence-corrected chi connectivity index (χ0v) is 7.81. The molecule has 4 nitrogen and oxygen atoms in total. The van der Waals surface area contributed by atoms with Crippen LogP contribution in [0.5, 0.6) is 5.88 Å². The highest BCUT2D eigenvalue weighted by atomic mass is 16.3. The molecule has 0 aliphatic carbocycles. The first-order valence-electron chi connectivity index (χ1n) is 4.25. The first kappa shape index (κ1) is 8.62. The second kappa shape index (κ2) is 3.06. The summed E-state index contributed by atoms with van der Waals surface area (Å²) in [5, 5.41) is 14.1. The monoisotopic (exact) mass is 189 g/mol. The number of nitrogens with zero attached hydrogens (tertiary/aromatic N) is 2. The van der Waals surface area contributed by atoms with E-state index in [-0.39, 0.29) is 5.88 Å². The van der Waals surface area contributed by atoms with Gasteiger partial charge in [-0.3, -0.25) is 0 Å². The van der Waals surface area contributed by atoms with Crippen LogP contribution in [-0.4, -0.2) is 15.9 Å². The Morgan fingerprint density at radius 1 is 1.43 bits per heavy atom. The van der Waals surface area contributed by atoms with Gasteiger partial charge in [0.05, 0.1) is 17.3 Å². The Morgan fingerprint density at radius 2 is 2.14 bits per heavy atom. The van der Waals surface area contributed by atoms with Crippen molar-refractivity contribution >= 4 is 17.1 Å². The van der Waals surface area contributed by atoms with Gasteiger partial charge in [0.15, 0.2) is 0 Å². The molecule has 3 N–H and O–H groups in total. The Kier molecular flexibility index (Phi) is 1.89. The van der Waals surface area contributed by atoms with E-state index in [1.165, 1.54) is 6.21 Å². The molecule has 2 rings (SSSR count). The maximum Gasteiger partial charge on any atom is 0.200 e.